The van der Waals surface area contributed by atoms with Gasteiger partial charge < -0.3 is 9.47 Å². The second-order valence-electron chi connectivity index (χ2n) is 6.15. The monoisotopic (exact) mass is 406 g/mol. The second kappa shape index (κ2) is 7.24. The maximum absolute atomic E-state index is 13.6. The lowest BCUT2D eigenvalue weighted by Crippen LogP contribution is -2.40. The Morgan fingerprint density at radius 3 is 2.36 bits per heavy atom. The fraction of sp³-hybridized carbons (Fsp3) is 0.375. The zero-order chi connectivity index (χ0) is 20.6. The molecular weight excluding hydrogens is 394 g/mol. The van der Waals surface area contributed by atoms with Crippen LogP contribution in [0.15, 0.2) is 12.1 Å². The molecule has 1 aliphatic rings. The number of ketones is 1. The van der Waals surface area contributed by atoms with Crippen LogP contribution < -0.4 is 0 Å². The van der Waals surface area contributed by atoms with Crippen molar-refractivity contribution in [2.75, 3.05) is 6.54 Å². The number of hydrogen-bond acceptors (Lipinski definition) is 4. The van der Waals surface area contributed by atoms with Gasteiger partial charge in [-0.2, -0.15) is 13.2 Å². The highest BCUT2D eigenvalue weighted by molar-refractivity contribution is 5.98. The molecule has 0 spiro atoms. The Hall–Kier alpha value is -2.92. The molecule has 1 aromatic carbocycles. The summed E-state index contributed by atoms with van der Waals surface area (Å²) in [5.74, 6) is -6.54. The van der Waals surface area contributed by atoms with Gasteiger partial charge in [-0.15, -0.1) is 10.2 Å². The summed E-state index contributed by atoms with van der Waals surface area (Å²) in [6, 6.07) is 0.838. The van der Waals surface area contributed by atoms with Crippen LogP contribution in [0.1, 0.15) is 23.6 Å². The number of nitrogens with zero attached hydrogens (tertiary/aromatic N) is 4. The number of benzene rings is 1. The molecule has 2 heterocycles. The van der Waals surface area contributed by atoms with Crippen molar-refractivity contribution in [1.29, 1.82) is 0 Å². The maximum atomic E-state index is 13.6. The van der Waals surface area contributed by atoms with Gasteiger partial charge in [0, 0.05) is 25.6 Å². The van der Waals surface area contributed by atoms with Crippen LogP contribution in [0.25, 0.3) is 0 Å². The summed E-state index contributed by atoms with van der Waals surface area (Å²) >= 11 is 0. The van der Waals surface area contributed by atoms with Gasteiger partial charge in [0.2, 0.25) is 11.7 Å². The number of rotatable bonds is 4. The third-order valence-electron chi connectivity index (χ3n) is 4.18. The van der Waals surface area contributed by atoms with E-state index in [4.69, 9.17) is 0 Å². The first-order valence-corrected chi connectivity index (χ1v) is 7.98. The van der Waals surface area contributed by atoms with E-state index >= 15 is 0 Å². The third kappa shape index (κ3) is 3.99. The minimum atomic E-state index is -4.68. The van der Waals surface area contributed by atoms with Gasteiger partial charge in [0.1, 0.15) is 11.6 Å². The standard InChI is InChI=1S/C16H12F6N4O2/c17-10-6-12(19)11(18)4-8(10)3-9(27)5-14(28)25-1-2-26-13(7-25)23-24-15(26)16(20,21)22/h4,6H,1-3,5,7H2. The quantitative estimate of drug-likeness (QED) is 0.444. The van der Waals surface area contributed by atoms with Crippen LogP contribution >= 0.6 is 0 Å². The van der Waals surface area contributed by atoms with Crippen LogP contribution in [0.3, 0.4) is 0 Å². The average molecular weight is 406 g/mol. The molecule has 0 radical (unpaired) electrons. The Kier molecular flexibility index (Phi) is 5.13. The van der Waals surface area contributed by atoms with Crippen LogP contribution in [0, 0.1) is 17.5 Å². The van der Waals surface area contributed by atoms with E-state index in [0.29, 0.717) is 12.1 Å². The molecule has 2 aromatic rings. The number of halogens is 6. The van der Waals surface area contributed by atoms with Crippen molar-refractivity contribution >= 4 is 11.7 Å². The summed E-state index contributed by atoms with van der Waals surface area (Å²) < 4.78 is 78.9. The van der Waals surface area contributed by atoms with Crippen molar-refractivity contribution in [2.45, 2.75) is 32.1 Å². The smallest absolute Gasteiger partial charge is 0.333 e. The lowest BCUT2D eigenvalue weighted by atomic mass is 10.1. The molecule has 6 nitrogen and oxygen atoms in total. The predicted octanol–water partition coefficient (Wildman–Crippen LogP) is 2.26. The molecule has 3 rings (SSSR count). The van der Waals surface area contributed by atoms with E-state index in [1.165, 1.54) is 0 Å². The number of hydrogen-bond donors (Lipinski definition) is 0. The molecule has 0 aliphatic carbocycles. The number of fused-ring (bicyclic) bond motifs is 1. The Balaban J connectivity index is 1.64. The molecule has 0 fully saturated rings. The molecular formula is C16H12F6N4O2. The maximum Gasteiger partial charge on any atom is 0.451 e. The van der Waals surface area contributed by atoms with E-state index < -0.39 is 59.5 Å². The highest BCUT2D eigenvalue weighted by atomic mass is 19.4. The summed E-state index contributed by atoms with van der Waals surface area (Å²) in [6.45, 7) is -0.566. The van der Waals surface area contributed by atoms with Gasteiger partial charge >= 0.3 is 6.18 Å². The predicted molar refractivity (Wildman–Crippen MR) is 80.1 cm³/mol. The van der Waals surface area contributed by atoms with Gasteiger partial charge in [0.25, 0.3) is 0 Å². The summed E-state index contributed by atoms with van der Waals surface area (Å²) in [7, 11) is 0. The van der Waals surface area contributed by atoms with Crippen LogP contribution in [0.5, 0.6) is 0 Å². The summed E-state index contributed by atoms with van der Waals surface area (Å²) in [5.41, 5.74) is -0.398. The fourth-order valence-corrected chi connectivity index (χ4v) is 2.83. The molecule has 0 saturated carbocycles. The van der Waals surface area contributed by atoms with Gasteiger partial charge in [0.05, 0.1) is 13.0 Å². The fourth-order valence-electron chi connectivity index (χ4n) is 2.83. The Labute approximate surface area is 153 Å². The van der Waals surface area contributed by atoms with E-state index in [2.05, 4.69) is 10.2 Å². The summed E-state index contributed by atoms with van der Waals surface area (Å²) in [6.07, 6.45) is -5.97. The van der Waals surface area contributed by atoms with Crippen molar-refractivity contribution in [1.82, 2.24) is 19.7 Å². The molecule has 0 saturated heterocycles. The highest BCUT2D eigenvalue weighted by Crippen LogP contribution is 2.29. The van der Waals surface area contributed by atoms with Gasteiger partial charge in [-0.25, -0.2) is 13.2 Å². The summed E-state index contributed by atoms with van der Waals surface area (Å²) in [5, 5.41) is 6.50. The lowest BCUT2D eigenvalue weighted by Gasteiger charge is -2.27. The molecule has 1 amide bonds. The van der Waals surface area contributed by atoms with E-state index in [9.17, 15) is 35.9 Å². The number of carbonyl (C=O) groups is 2. The summed E-state index contributed by atoms with van der Waals surface area (Å²) in [4.78, 5) is 25.3. The van der Waals surface area contributed by atoms with Crippen LogP contribution in [-0.4, -0.2) is 37.9 Å². The number of amides is 1. The van der Waals surface area contributed by atoms with Crippen molar-refractivity contribution in [3.63, 3.8) is 0 Å². The van der Waals surface area contributed by atoms with E-state index in [1.54, 1.807) is 0 Å². The third-order valence-corrected chi connectivity index (χ3v) is 4.18. The van der Waals surface area contributed by atoms with Crippen LogP contribution in [0.4, 0.5) is 26.3 Å². The largest absolute Gasteiger partial charge is 0.451 e. The first kappa shape index (κ1) is 19.8. The first-order chi connectivity index (χ1) is 13.1. The Bertz CT molecular complexity index is 940. The first-order valence-electron chi connectivity index (χ1n) is 7.98. The molecule has 0 bridgehead atoms. The van der Waals surface area contributed by atoms with Crippen LogP contribution in [0.2, 0.25) is 0 Å². The minimum Gasteiger partial charge on any atom is -0.333 e. The van der Waals surface area contributed by atoms with Crippen molar-refractivity contribution in [2.24, 2.45) is 0 Å². The number of carbonyl (C=O) groups excluding carboxylic acids is 2. The SMILES string of the molecule is O=C(CC(=O)N1CCn2c(nnc2C(F)(F)F)C1)Cc1cc(F)c(F)cc1F. The van der Waals surface area contributed by atoms with E-state index in [0.717, 1.165) is 9.47 Å². The number of alkyl halides is 3. The van der Waals surface area contributed by atoms with Gasteiger partial charge in [0.15, 0.2) is 17.5 Å². The number of aromatic nitrogens is 3. The normalized spacial score (nSPS) is 14.1. The molecule has 12 heteroatoms. The average Bonchev–Trinajstić information content (AvgIpc) is 3.03. The molecule has 0 N–H and O–H groups in total. The van der Waals surface area contributed by atoms with Gasteiger partial charge in [-0.05, 0) is 11.6 Å². The molecule has 1 aliphatic heterocycles. The zero-order valence-corrected chi connectivity index (χ0v) is 14.1. The molecule has 0 unspecified atom stereocenters. The Morgan fingerprint density at radius 2 is 1.68 bits per heavy atom. The second-order valence-corrected chi connectivity index (χ2v) is 6.15. The topological polar surface area (TPSA) is 68.1 Å². The minimum absolute atomic E-state index is 0.0778. The number of Topliss-reactive ketones (excluding diaryl/α,β-unsaturated/α-hetero) is 1. The molecule has 0 atom stereocenters. The zero-order valence-electron chi connectivity index (χ0n) is 14.1. The van der Waals surface area contributed by atoms with Gasteiger partial charge in [-0.1, -0.05) is 0 Å². The van der Waals surface area contributed by atoms with Crippen molar-refractivity contribution in [3.05, 3.63) is 46.8 Å². The van der Waals surface area contributed by atoms with E-state index in [1.807, 2.05) is 0 Å². The van der Waals surface area contributed by atoms with Crippen molar-refractivity contribution < 1.29 is 35.9 Å². The van der Waals surface area contributed by atoms with Crippen LogP contribution in [-0.2, 0) is 35.3 Å². The molecule has 28 heavy (non-hydrogen) atoms. The van der Waals surface area contributed by atoms with E-state index in [-0.39, 0.29) is 25.5 Å². The van der Waals surface area contributed by atoms with Crippen molar-refractivity contribution in [3.8, 4) is 0 Å². The highest BCUT2D eigenvalue weighted by Gasteiger charge is 2.40. The Morgan fingerprint density at radius 1 is 1.00 bits per heavy atom. The lowest BCUT2D eigenvalue weighted by molar-refractivity contribution is -0.148. The molecule has 1 aromatic heterocycles. The van der Waals surface area contributed by atoms with Gasteiger partial charge in [-0.3, -0.25) is 9.59 Å². The molecule has 150 valence electrons.